The van der Waals surface area contributed by atoms with Gasteiger partial charge in [-0.25, -0.2) is 15.0 Å². The molecular weight excluding hydrogens is 741 g/mol. The normalized spacial score (nSPS) is 16.3. The second-order valence-corrected chi connectivity index (χ2v) is 16.7. The molecule has 0 spiro atoms. The summed E-state index contributed by atoms with van der Waals surface area (Å²) in [6.07, 6.45) is 4.89. The van der Waals surface area contributed by atoms with E-state index >= 15 is 0 Å². The molecule has 2 atom stereocenters. The van der Waals surface area contributed by atoms with E-state index in [0.29, 0.717) is 17.5 Å². The molecule has 5 nitrogen and oxygen atoms in total. The largest absolute Gasteiger partial charge is 0.455 e. The second kappa shape index (κ2) is 12.6. The van der Waals surface area contributed by atoms with Crippen LogP contribution in [0.2, 0.25) is 0 Å². The highest BCUT2D eigenvalue weighted by molar-refractivity contribution is 8.00. The standard InChI is InChI=1S/C53H32N4OS/c1-2-15-33-28-45-41(27-32(33)14-1)35-18-5-8-24-44(35)57(45)46-30-49-42(37-20-7-10-26-48(37)59-49)29-43(46)53-55-51(39-22-11-16-31-13-3-4-17-34(31)39)54-52(56-53)40-23-12-21-38-36-19-6-9-25-47(36)58-50(38)40/h1-30,42,49H. The Labute approximate surface area is 343 Å². The Kier molecular flexibility index (Phi) is 7.00. The fourth-order valence-electron chi connectivity index (χ4n) is 9.47. The molecule has 276 valence electrons. The number of thioether (sulfide) groups is 1. The van der Waals surface area contributed by atoms with Gasteiger partial charge in [-0.2, -0.15) is 0 Å². The molecule has 0 bridgehead atoms. The summed E-state index contributed by atoms with van der Waals surface area (Å²) in [5.41, 5.74) is 9.04. The van der Waals surface area contributed by atoms with Crippen molar-refractivity contribution in [2.75, 3.05) is 0 Å². The van der Waals surface area contributed by atoms with E-state index in [1.54, 1.807) is 0 Å². The predicted molar refractivity (Wildman–Crippen MR) is 244 cm³/mol. The van der Waals surface area contributed by atoms with Crippen molar-refractivity contribution in [2.45, 2.75) is 16.1 Å². The topological polar surface area (TPSA) is 56.7 Å². The Hall–Kier alpha value is -7.28. The van der Waals surface area contributed by atoms with Crippen LogP contribution in [0.1, 0.15) is 17.3 Å². The molecule has 0 saturated carbocycles. The van der Waals surface area contributed by atoms with Gasteiger partial charge >= 0.3 is 0 Å². The quantitative estimate of drug-likeness (QED) is 0.178. The van der Waals surface area contributed by atoms with Gasteiger partial charge in [-0.1, -0.05) is 140 Å². The number of fused-ring (bicyclic) bond motifs is 11. The van der Waals surface area contributed by atoms with Crippen LogP contribution in [0.3, 0.4) is 0 Å². The van der Waals surface area contributed by atoms with E-state index in [9.17, 15) is 0 Å². The van der Waals surface area contributed by atoms with Gasteiger partial charge < -0.3 is 8.98 Å². The zero-order valence-electron chi connectivity index (χ0n) is 31.6. The zero-order chi connectivity index (χ0) is 38.6. The Balaban J connectivity index is 1.12. The van der Waals surface area contributed by atoms with Crippen LogP contribution in [0.25, 0.3) is 99.3 Å². The van der Waals surface area contributed by atoms with Crippen LogP contribution in [0.4, 0.5) is 0 Å². The van der Waals surface area contributed by atoms with Gasteiger partial charge in [0, 0.05) is 48.7 Å². The van der Waals surface area contributed by atoms with E-state index in [0.717, 1.165) is 66.1 Å². The van der Waals surface area contributed by atoms with Crippen molar-refractivity contribution in [1.82, 2.24) is 19.5 Å². The van der Waals surface area contributed by atoms with Crippen LogP contribution >= 0.6 is 11.8 Å². The molecule has 4 heterocycles. The number of para-hydroxylation sites is 3. The van der Waals surface area contributed by atoms with Gasteiger partial charge in [0.1, 0.15) is 11.2 Å². The van der Waals surface area contributed by atoms with Crippen molar-refractivity contribution >= 4 is 88.3 Å². The fraction of sp³-hybridized carbons (Fsp3) is 0.0377. The number of hydrogen-bond acceptors (Lipinski definition) is 5. The third kappa shape index (κ3) is 4.96. The highest BCUT2D eigenvalue weighted by Gasteiger charge is 2.37. The van der Waals surface area contributed by atoms with Crippen LogP contribution < -0.4 is 0 Å². The van der Waals surface area contributed by atoms with Gasteiger partial charge in [0.15, 0.2) is 17.5 Å². The first-order valence-electron chi connectivity index (χ1n) is 20.0. The molecular formula is C53H32N4OS. The van der Waals surface area contributed by atoms with Gasteiger partial charge in [-0.15, -0.1) is 11.8 Å². The average molecular weight is 773 g/mol. The Morgan fingerprint density at radius 3 is 2.02 bits per heavy atom. The molecule has 1 aliphatic carbocycles. The van der Waals surface area contributed by atoms with E-state index < -0.39 is 0 Å². The number of nitrogens with zero attached hydrogens (tertiary/aromatic N) is 4. The highest BCUT2D eigenvalue weighted by Crippen LogP contribution is 2.53. The first-order chi connectivity index (χ1) is 29.2. The second-order valence-electron chi connectivity index (χ2n) is 15.5. The van der Waals surface area contributed by atoms with Crippen LogP contribution in [0.15, 0.2) is 191 Å². The lowest BCUT2D eigenvalue weighted by Gasteiger charge is -2.26. The van der Waals surface area contributed by atoms with E-state index in [2.05, 4.69) is 174 Å². The number of rotatable bonds is 4. The molecule has 59 heavy (non-hydrogen) atoms. The van der Waals surface area contributed by atoms with Crippen molar-refractivity contribution in [3.63, 3.8) is 0 Å². The molecule has 6 heteroatoms. The maximum absolute atomic E-state index is 6.61. The van der Waals surface area contributed by atoms with Crippen molar-refractivity contribution in [1.29, 1.82) is 0 Å². The zero-order valence-corrected chi connectivity index (χ0v) is 32.4. The van der Waals surface area contributed by atoms with Crippen LogP contribution in [-0.2, 0) is 0 Å². The number of benzene rings is 8. The summed E-state index contributed by atoms with van der Waals surface area (Å²) in [6, 6.07) is 60.2. The monoisotopic (exact) mass is 772 g/mol. The maximum atomic E-state index is 6.61. The SMILES string of the molecule is C1=C(c2nc(-c3cccc4ccccc34)nc(-c3cccc4c3oc3ccccc34)n2)C(n2c3ccccc3c3cc4ccccc4cc32)=CC2Sc3ccccc3C12. The average Bonchev–Trinajstić information content (AvgIpc) is 3.96. The van der Waals surface area contributed by atoms with Crippen molar-refractivity contribution in [3.05, 3.63) is 193 Å². The summed E-state index contributed by atoms with van der Waals surface area (Å²) in [5, 5.41) is 9.36. The summed E-state index contributed by atoms with van der Waals surface area (Å²) in [6.45, 7) is 0. The van der Waals surface area contributed by atoms with Gasteiger partial charge in [-0.05, 0) is 69.6 Å². The molecule has 11 aromatic rings. The number of aromatic nitrogens is 4. The van der Waals surface area contributed by atoms with Crippen molar-refractivity contribution in [2.24, 2.45) is 0 Å². The molecule has 0 amide bonds. The maximum Gasteiger partial charge on any atom is 0.167 e. The number of allylic oxidation sites excluding steroid dienone is 3. The van der Waals surface area contributed by atoms with E-state index in [-0.39, 0.29) is 11.2 Å². The van der Waals surface area contributed by atoms with Gasteiger partial charge in [-0.3, -0.25) is 0 Å². The predicted octanol–water partition coefficient (Wildman–Crippen LogP) is 13.7. The minimum Gasteiger partial charge on any atom is -0.455 e. The molecule has 0 N–H and O–H groups in total. The van der Waals surface area contributed by atoms with Gasteiger partial charge in [0.2, 0.25) is 0 Å². The first-order valence-corrected chi connectivity index (χ1v) is 20.9. The van der Waals surface area contributed by atoms with Crippen molar-refractivity contribution < 1.29 is 4.42 Å². The lowest BCUT2D eigenvalue weighted by molar-refractivity contribution is 0.669. The smallest absolute Gasteiger partial charge is 0.167 e. The van der Waals surface area contributed by atoms with Crippen molar-refractivity contribution in [3.8, 4) is 22.8 Å². The van der Waals surface area contributed by atoms with E-state index in [1.165, 1.54) is 32.0 Å². The molecule has 2 unspecified atom stereocenters. The van der Waals surface area contributed by atoms with Crippen LogP contribution in [0, 0.1) is 0 Å². The molecule has 0 fully saturated rings. The van der Waals surface area contributed by atoms with Crippen LogP contribution in [0.5, 0.6) is 0 Å². The Morgan fingerprint density at radius 2 is 1.12 bits per heavy atom. The summed E-state index contributed by atoms with van der Waals surface area (Å²) in [7, 11) is 0. The fourth-order valence-corrected chi connectivity index (χ4v) is 10.8. The van der Waals surface area contributed by atoms with E-state index in [4.69, 9.17) is 19.4 Å². The summed E-state index contributed by atoms with van der Waals surface area (Å²) < 4.78 is 9.06. The number of furan rings is 1. The minimum atomic E-state index is 0.142. The number of hydrogen-bond donors (Lipinski definition) is 0. The third-order valence-electron chi connectivity index (χ3n) is 12.2. The van der Waals surface area contributed by atoms with Gasteiger partial charge in [0.25, 0.3) is 0 Å². The van der Waals surface area contributed by atoms with Gasteiger partial charge in [0.05, 0.1) is 22.3 Å². The molecule has 1 aliphatic heterocycles. The summed E-state index contributed by atoms with van der Waals surface area (Å²) >= 11 is 1.94. The third-order valence-corrected chi connectivity index (χ3v) is 13.5. The summed E-state index contributed by atoms with van der Waals surface area (Å²) in [5.74, 6) is 1.95. The molecule has 3 aromatic heterocycles. The molecule has 13 rings (SSSR count). The first kappa shape index (κ1) is 32.8. The Morgan fingerprint density at radius 1 is 0.475 bits per heavy atom. The lowest BCUT2D eigenvalue weighted by Crippen LogP contribution is -2.16. The van der Waals surface area contributed by atoms with E-state index in [1.807, 2.05) is 23.9 Å². The molecule has 0 radical (unpaired) electrons. The molecule has 0 saturated heterocycles. The minimum absolute atomic E-state index is 0.142. The molecule has 8 aromatic carbocycles. The lowest BCUT2D eigenvalue weighted by atomic mass is 9.87. The summed E-state index contributed by atoms with van der Waals surface area (Å²) in [4.78, 5) is 17.6. The highest BCUT2D eigenvalue weighted by atomic mass is 32.2. The van der Waals surface area contributed by atoms with Crippen LogP contribution in [-0.4, -0.2) is 24.8 Å². The molecule has 2 aliphatic rings. The Bertz CT molecular complexity index is 3630.